The third-order valence-electron chi connectivity index (χ3n) is 1.51. The van der Waals surface area contributed by atoms with Crippen LogP contribution in [0.1, 0.15) is 5.56 Å². The van der Waals surface area contributed by atoms with Gasteiger partial charge >= 0.3 is 0 Å². The van der Waals surface area contributed by atoms with Crippen LogP contribution in [0, 0.1) is 5.82 Å². The highest BCUT2D eigenvalue weighted by Crippen LogP contribution is 2.18. The van der Waals surface area contributed by atoms with Crippen molar-refractivity contribution in [3.8, 4) is 5.75 Å². The van der Waals surface area contributed by atoms with Crippen molar-refractivity contribution >= 4 is 0 Å². The van der Waals surface area contributed by atoms with E-state index in [-0.39, 0.29) is 19.1 Å². The van der Waals surface area contributed by atoms with Gasteiger partial charge in [-0.3, -0.25) is 0 Å². The molecule has 13 heavy (non-hydrogen) atoms. The molecule has 0 heterocycles. The quantitative estimate of drug-likeness (QED) is 0.720. The van der Waals surface area contributed by atoms with Crippen molar-refractivity contribution in [1.82, 2.24) is 0 Å². The molecular weight excluding hydrogens is 175 g/mol. The van der Waals surface area contributed by atoms with Gasteiger partial charge in [0, 0.05) is 7.11 Å². The lowest BCUT2D eigenvalue weighted by Gasteiger charge is -2.06. The van der Waals surface area contributed by atoms with Gasteiger partial charge in [-0.05, 0) is 17.7 Å². The van der Waals surface area contributed by atoms with Gasteiger partial charge in [0.1, 0.15) is 0 Å². The molecule has 3 nitrogen and oxygen atoms in total. The second-order valence-electron chi connectivity index (χ2n) is 2.47. The average Bonchev–Trinajstić information content (AvgIpc) is 2.16. The maximum atomic E-state index is 13.1. The van der Waals surface area contributed by atoms with Crippen LogP contribution in [0.5, 0.6) is 5.75 Å². The van der Waals surface area contributed by atoms with E-state index in [9.17, 15) is 4.39 Å². The maximum Gasteiger partial charge on any atom is 0.188 e. The molecule has 0 spiro atoms. The second-order valence-corrected chi connectivity index (χ2v) is 2.47. The average molecular weight is 186 g/mol. The molecule has 0 fully saturated rings. The molecule has 0 amide bonds. The summed E-state index contributed by atoms with van der Waals surface area (Å²) in [6, 6.07) is 4.28. The third-order valence-corrected chi connectivity index (χ3v) is 1.51. The molecule has 0 atom stereocenters. The summed E-state index contributed by atoms with van der Waals surface area (Å²) in [6.45, 7) is -0.170. The molecule has 0 radical (unpaired) electrons. The Balaban J connectivity index is 2.73. The monoisotopic (exact) mass is 186 g/mol. The van der Waals surface area contributed by atoms with Gasteiger partial charge in [-0.2, -0.15) is 0 Å². The van der Waals surface area contributed by atoms with E-state index >= 15 is 0 Å². The molecule has 0 aliphatic carbocycles. The first-order chi connectivity index (χ1) is 6.27. The first-order valence-electron chi connectivity index (χ1n) is 3.79. The van der Waals surface area contributed by atoms with Crippen molar-refractivity contribution in [1.29, 1.82) is 0 Å². The van der Waals surface area contributed by atoms with Gasteiger partial charge in [-0.15, -0.1) is 0 Å². The van der Waals surface area contributed by atoms with Crippen molar-refractivity contribution in [2.24, 2.45) is 0 Å². The fraction of sp³-hybridized carbons (Fsp3) is 0.333. The highest BCUT2D eigenvalue weighted by Gasteiger charge is 2.03. The number of ether oxygens (including phenoxy) is 2. The highest BCUT2D eigenvalue weighted by atomic mass is 19.1. The van der Waals surface area contributed by atoms with Crippen molar-refractivity contribution in [2.45, 2.75) is 6.61 Å². The van der Waals surface area contributed by atoms with E-state index in [0.29, 0.717) is 5.56 Å². The Labute approximate surface area is 75.7 Å². The van der Waals surface area contributed by atoms with Gasteiger partial charge in [-0.1, -0.05) is 6.07 Å². The summed E-state index contributed by atoms with van der Waals surface area (Å²) in [4.78, 5) is 0. The van der Waals surface area contributed by atoms with E-state index in [1.807, 2.05) is 0 Å². The number of aliphatic hydroxyl groups is 1. The molecule has 0 aliphatic heterocycles. The Morgan fingerprint density at radius 1 is 1.46 bits per heavy atom. The van der Waals surface area contributed by atoms with Gasteiger partial charge in [-0.25, -0.2) is 4.39 Å². The molecule has 0 aliphatic rings. The maximum absolute atomic E-state index is 13.1. The normalized spacial score (nSPS) is 10.1. The minimum atomic E-state index is -0.497. The first kappa shape index (κ1) is 9.95. The van der Waals surface area contributed by atoms with E-state index in [1.165, 1.54) is 19.2 Å². The summed E-state index contributed by atoms with van der Waals surface area (Å²) in [7, 11) is 1.46. The zero-order chi connectivity index (χ0) is 9.68. The highest BCUT2D eigenvalue weighted by molar-refractivity contribution is 5.28. The van der Waals surface area contributed by atoms with Crippen LogP contribution in [-0.2, 0) is 11.3 Å². The van der Waals surface area contributed by atoms with Crippen LogP contribution in [0.15, 0.2) is 18.2 Å². The van der Waals surface area contributed by atoms with Crippen LogP contribution in [0.4, 0.5) is 4.39 Å². The Morgan fingerprint density at radius 2 is 2.23 bits per heavy atom. The standard InChI is InChI=1S/C9H11FO3/c1-12-6-13-9-3-2-7(5-11)4-8(9)10/h2-4,11H,5-6H2,1H3. The molecule has 1 N–H and O–H groups in total. The molecule has 0 saturated heterocycles. The van der Waals surface area contributed by atoms with Crippen LogP contribution >= 0.6 is 0 Å². The molecule has 1 aromatic rings. The SMILES string of the molecule is COCOc1ccc(CO)cc1F. The minimum absolute atomic E-state index is 0.00932. The Bertz CT molecular complexity index is 276. The van der Waals surface area contributed by atoms with Gasteiger partial charge in [0.25, 0.3) is 0 Å². The predicted octanol–water partition coefficient (Wildman–Crippen LogP) is 1.30. The molecule has 0 unspecified atom stereocenters. The molecular formula is C9H11FO3. The number of benzene rings is 1. The van der Waals surface area contributed by atoms with Crippen molar-refractivity contribution in [3.05, 3.63) is 29.6 Å². The smallest absolute Gasteiger partial charge is 0.188 e. The second kappa shape index (κ2) is 4.79. The number of hydrogen-bond donors (Lipinski definition) is 1. The van der Waals surface area contributed by atoms with Crippen LogP contribution in [0.2, 0.25) is 0 Å². The summed E-state index contributed by atoms with van der Waals surface area (Å²) in [5.41, 5.74) is 0.516. The molecule has 1 aromatic carbocycles. The van der Waals surface area contributed by atoms with Crippen molar-refractivity contribution in [2.75, 3.05) is 13.9 Å². The summed E-state index contributed by atoms with van der Waals surface area (Å²) >= 11 is 0. The molecule has 4 heteroatoms. The Morgan fingerprint density at radius 3 is 2.77 bits per heavy atom. The lowest BCUT2D eigenvalue weighted by molar-refractivity contribution is 0.0482. The third kappa shape index (κ3) is 2.68. The van der Waals surface area contributed by atoms with E-state index in [4.69, 9.17) is 9.84 Å². The number of methoxy groups -OCH3 is 1. The number of halogens is 1. The van der Waals surface area contributed by atoms with Gasteiger partial charge in [0.05, 0.1) is 6.61 Å². The lowest BCUT2D eigenvalue weighted by Crippen LogP contribution is -2.01. The Kier molecular flexibility index (Phi) is 3.67. The number of aliphatic hydroxyl groups excluding tert-OH is 1. The summed E-state index contributed by atoms with van der Waals surface area (Å²) in [5.74, 6) is -0.373. The lowest BCUT2D eigenvalue weighted by atomic mass is 10.2. The van der Waals surface area contributed by atoms with E-state index in [2.05, 4.69) is 4.74 Å². The van der Waals surface area contributed by atoms with Crippen LogP contribution < -0.4 is 4.74 Å². The first-order valence-corrected chi connectivity index (χ1v) is 3.79. The minimum Gasteiger partial charge on any atom is -0.464 e. The number of hydrogen-bond acceptors (Lipinski definition) is 3. The van der Waals surface area contributed by atoms with Gasteiger partial charge < -0.3 is 14.6 Å². The fourth-order valence-electron chi connectivity index (χ4n) is 0.882. The molecule has 1 rings (SSSR count). The van der Waals surface area contributed by atoms with Crippen LogP contribution in [0.25, 0.3) is 0 Å². The van der Waals surface area contributed by atoms with Crippen molar-refractivity contribution in [3.63, 3.8) is 0 Å². The van der Waals surface area contributed by atoms with Crippen molar-refractivity contribution < 1.29 is 19.0 Å². The summed E-state index contributed by atoms with van der Waals surface area (Å²) in [6.07, 6.45) is 0. The van der Waals surface area contributed by atoms with E-state index in [1.54, 1.807) is 6.07 Å². The molecule has 72 valence electrons. The topological polar surface area (TPSA) is 38.7 Å². The zero-order valence-electron chi connectivity index (χ0n) is 7.29. The van der Waals surface area contributed by atoms with Crippen LogP contribution in [0.3, 0.4) is 0 Å². The Hall–Kier alpha value is -1.13. The predicted molar refractivity (Wildman–Crippen MR) is 44.8 cm³/mol. The zero-order valence-corrected chi connectivity index (χ0v) is 7.29. The molecule has 0 aromatic heterocycles. The van der Waals surface area contributed by atoms with E-state index < -0.39 is 5.82 Å². The number of rotatable bonds is 4. The largest absolute Gasteiger partial charge is 0.464 e. The van der Waals surface area contributed by atoms with Crippen LogP contribution in [-0.4, -0.2) is 19.0 Å². The summed E-state index contributed by atoms with van der Waals surface area (Å²) in [5, 5.41) is 8.70. The molecule has 0 saturated carbocycles. The van der Waals surface area contributed by atoms with Gasteiger partial charge in [0.2, 0.25) is 0 Å². The van der Waals surface area contributed by atoms with E-state index in [0.717, 1.165) is 0 Å². The molecule has 0 bridgehead atoms. The summed E-state index contributed by atoms with van der Waals surface area (Å²) < 4.78 is 22.6. The fourth-order valence-corrected chi connectivity index (χ4v) is 0.882. The van der Waals surface area contributed by atoms with Gasteiger partial charge in [0.15, 0.2) is 18.4 Å².